The standard InChI is InChI=1S/C16H20N2O/c19-16(13-7-11-6-12(11)8-13)18-14-4-3-10-2-1-5-17-15(10)9-14/h3-4,9,11-13,17H,1-2,5-8H2,(H,18,19). The molecule has 2 atom stereocenters. The van der Waals surface area contributed by atoms with Crippen molar-refractivity contribution in [2.75, 3.05) is 17.2 Å². The highest BCUT2D eigenvalue weighted by atomic mass is 16.1. The Balaban J connectivity index is 1.45. The van der Waals surface area contributed by atoms with Crippen LogP contribution in [0.2, 0.25) is 0 Å². The van der Waals surface area contributed by atoms with Crippen molar-refractivity contribution in [2.24, 2.45) is 17.8 Å². The van der Waals surface area contributed by atoms with Crippen LogP contribution in [0.5, 0.6) is 0 Å². The fraction of sp³-hybridized carbons (Fsp3) is 0.562. The first-order valence-corrected chi connectivity index (χ1v) is 7.47. The molecule has 1 aromatic carbocycles. The first-order chi connectivity index (χ1) is 9.29. The van der Waals surface area contributed by atoms with Crippen molar-refractivity contribution in [3.63, 3.8) is 0 Å². The van der Waals surface area contributed by atoms with Crippen LogP contribution in [-0.4, -0.2) is 12.5 Å². The van der Waals surface area contributed by atoms with Crippen molar-refractivity contribution in [1.82, 2.24) is 0 Å². The summed E-state index contributed by atoms with van der Waals surface area (Å²) in [7, 11) is 0. The number of hydrogen-bond acceptors (Lipinski definition) is 2. The smallest absolute Gasteiger partial charge is 0.227 e. The van der Waals surface area contributed by atoms with E-state index in [1.165, 1.54) is 24.1 Å². The highest BCUT2D eigenvalue weighted by molar-refractivity contribution is 5.93. The van der Waals surface area contributed by atoms with E-state index < -0.39 is 0 Å². The Morgan fingerprint density at radius 1 is 1.21 bits per heavy atom. The first-order valence-electron chi connectivity index (χ1n) is 7.47. The predicted octanol–water partition coefficient (Wildman–Crippen LogP) is 3.03. The lowest BCUT2D eigenvalue weighted by Crippen LogP contribution is -2.22. The van der Waals surface area contributed by atoms with Crippen molar-refractivity contribution in [2.45, 2.75) is 32.1 Å². The van der Waals surface area contributed by atoms with Crippen molar-refractivity contribution < 1.29 is 4.79 Å². The Morgan fingerprint density at radius 3 is 2.89 bits per heavy atom. The van der Waals surface area contributed by atoms with E-state index in [-0.39, 0.29) is 11.8 Å². The van der Waals surface area contributed by atoms with Crippen molar-refractivity contribution in [3.8, 4) is 0 Å². The van der Waals surface area contributed by atoms with Crippen LogP contribution in [0.1, 0.15) is 31.2 Å². The second-order valence-electron chi connectivity index (χ2n) is 6.32. The molecule has 3 nitrogen and oxygen atoms in total. The van der Waals surface area contributed by atoms with E-state index in [0.29, 0.717) is 0 Å². The molecule has 2 N–H and O–H groups in total. The quantitative estimate of drug-likeness (QED) is 0.854. The van der Waals surface area contributed by atoms with Gasteiger partial charge in [0.1, 0.15) is 0 Å². The summed E-state index contributed by atoms with van der Waals surface area (Å²) in [6.45, 7) is 1.04. The van der Waals surface area contributed by atoms with Gasteiger partial charge < -0.3 is 10.6 Å². The maximum absolute atomic E-state index is 12.2. The number of rotatable bonds is 2. The van der Waals surface area contributed by atoms with E-state index in [9.17, 15) is 4.79 Å². The number of hydrogen-bond donors (Lipinski definition) is 2. The Bertz CT molecular complexity index is 515. The number of fused-ring (bicyclic) bond motifs is 2. The predicted molar refractivity (Wildman–Crippen MR) is 76.2 cm³/mol. The van der Waals surface area contributed by atoms with Gasteiger partial charge in [-0.3, -0.25) is 4.79 Å². The van der Waals surface area contributed by atoms with Gasteiger partial charge in [0.25, 0.3) is 0 Å². The molecule has 2 unspecified atom stereocenters. The zero-order chi connectivity index (χ0) is 12.8. The lowest BCUT2D eigenvalue weighted by Gasteiger charge is -2.19. The summed E-state index contributed by atoms with van der Waals surface area (Å²) in [4.78, 5) is 12.2. The molecule has 1 aliphatic heterocycles. The number of nitrogens with one attached hydrogen (secondary N) is 2. The molecule has 2 fully saturated rings. The maximum atomic E-state index is 12.2. The minimum absolute atomic E-state index is 0.225. The number of aryl methyl sites for hydroxylation is 1. The molecule has 0 radical (unpaired) electrons. The lowest BCUT2D eigenvalue weighted by molar-refractivity contribution is -0.120. The van der Waals surface area contributed by atoms with Gasteiger partial charge in [-0.1, -0.05) is 6.07 Å². The molecule has 19 heavy (non-hydrogen) atoms. The number of carbonyl (C=O) groups is 1. The fourth-order valence-corrected chi connectivity index (χ4v) is 3.71. The largest absolute Gasteiger partial charge is 0.385 e. The summed E-state index contributed by atoms with van der Waals surface area (Å²) < 4.78 is 0. The van der Waals surface area contributed by atoms with E-state index >= 15 is 0 Å². The van der Waals surface area contributed by atoms with Gasteiger partial charge in [-0.25, -0.2) is 0 Å². The molecule has 2 aliphatic carbocycles. The third-order valence-electron chi connectivity index (χ3n) is 4.93. The molecular formula is C16H20N2O. The summed E-state index contributed by atoms with van der Waals surface area (Å²) in [6.07, 6.45) is 5.93. The molecule has 0 saturated heterocycles. The summed E-state index contributed by atoms with van der Waals surface area (Å²) in [5, 5.41) is 6.50. The van der Waals surface area contributed by atoms with E-state index in [1.54, 1.807) is 0 Å². The molecule has 2 saturated carbocycles. The minimum Gasteiger partial charge on any atom is -0.385 e. The molecule has 100 valence electrons. The number of carbonyl (C=O) groups excluding carboxylic acids is 1. The van der Waals surface area contributed by atoms with Gasteiger partial charge in [0.15, 0.2) is 0 Å². The van der Waals surface area contributed by atoms with Crippen molar-refractivity contribution in [1.29, 1.82) is 0 Å². The molecule has 3 aliphatic rings. The summed E-state index contributed by atoms with van der Waals surface area (Å²) >= 11 is 0. The average molecular weight is 256 g/mol. The van der Waals surface area contributed by atoms with Crippen LogP contribution in [0.25, 0.3) is 0 Å². The number of benzene rings is 1. The minimum atomic E-state index is 0.225. The Labute approximate surface area is 113 Å². The number of amides is 1. The van der Waals surface area contributed by atoms with E-state index in [2.05, 4.69) is 22.8 Å². The highest BCUT2D eigenvalue weighted by Gasteiger charge is 2.47. The van der Waals surface area contributed by atoms with Gasteiger partial charge in [-0.15, -0.1) is 0 Å². The van der Waals surface area contributed by atoms with Crippen molar-refractivity contribution in [3.05, 3.63) is 23.8 Å². The molecule has 4 rings (SSSR count). The van der Waals surface area contributed by atoms with Crippen LogP contribution >= 0.6 is 0 Å². The molecule has 3 heteroatoms. The summed E-state index contributed by atoms with van der Waals surface area (Å²) in [6, 6.07) is 6.27. The van der Waals surface area contributed by atoms with Crippen LogP contribution < -0.4 is 10.6 Å². The van der Waals surface area contributed by atoms with Gasteiger partial charge in [0.05, 0.1) is 0 Å². The summed E-state index contributed by atoms with van der Waals surface area (Å²) in [5.41, 5.74) is 3.50. The van der Waals surface area contributed by atoms with Crippen LogP contribution in [0.4, 0.5) is 11.4 Å². The normalized spacial score (nSPS) is 31.1. The third kappa shape index (κ3) is 2.11. The maximum Gasteiger partial charge on any atom is 0.227 e. The third-order valence-corrected chi connectivity index (χ3v) is 4.93. The van der Waals surface area contributed by atoms with Crippen molar-refractivity contribution >= 4 is 17.3 Å². The van der Waals surface area contributed by atoms with Gasteiger partial charge in [0, 0.05) is 23.8 Å². The van der Waals surface area contributed by atoms with Gasteiger partial charge in [-0.2, -0.15) is 0 Å². The monoisotopic (exact) mass is 256 g/mol. The van der Waals surface area contributed by atoms with E-state index in [4.69, 9.17) is 0 Å². The Kier molecular flexibility index (Phi) is 2.54. The van der Waals surface area contributed by atoms with Gasteiger partial charge >= 0.3 is 0 Å². The summed E-state index contributed by atoms with van der Waals surface area (Å²) in [5.74, 6) is 2.21. The SMILES string of the molecule is O=C(Nc1ccc2c(c1)NCCC2)C1CC2CC2C1. The highest BCUT2D eigenvalue weighted by Crippen LogP contribution is 2.54. The molecule has 0 aromatic heterocycles. The number of anilines is 2. The van der Waals surface area contributed by atoms with Crippen LogP contribution in [0, 0.1) is 17.8 Å². The molecule has 1 amide bonds. The van der Waals surface area contributed by atoms with Crippen LogP contribution in [0.15, 0.2) is 18.2 Å². The Morgan fingerprint density at radius 2 is 2.05 bits per heavy atom. The lowest BCUT2D eigenvalue weighted by atomic mass is 10.0. The first kappa shape index (κ1) is 11.3. The zero-order valence-electron chi connectivity index (χ0n) is 11.1. The Hall–Kier alpha value is -1.51. The van der Waals surface area contributed by atoms with Gasteiger partial charge in [0.2, 0.25) is 5.91 Å². The molecule has 1 aromatic rings. The molecule has 0 spiro atoms. The topological polar surface area (TPSA) is 41.1 Å². The molecule has 0 bridgehead atoms. The van der Waals surface area contributed by atoms with E-state index in [1.807, 2.05) is 6.07 Å². The average Bonchev–Trinajstić information content (AvgIpc) is 3.05. The fourth-order valence-electron chi connectivity index (χ4n) is 3.71. The van der Waals surface area contributed by atoms with Crippen LogP contribution in [0.3, 0.4) is 0 Å². The van der Waals surface area contributed by atoms with Crippen LogP contribution in [-0.2, 0) is 11.2 Å². The van der Waals surface area contributed by atoms with Gasteiger partial charge in [-0.05, 0) is 61.6 Å². The molecular weight excluding hydrogens is 236 g/mol. The molecule has 1 heterocycles. The second kappa shape index (κ2) is 4.26. The zero-order valence-corrected chi connectivity index (χ0v) is 11.1. The van der Waals surface area contributed by atoms with E-state index in [0.717, 1.165) is 43.3 Å². The second-order valence-corrected chi connectivity index (χ2v) is 6.32.